The molecule has 0 saturated carbocycles. The fourth-order valence-electron chi connectivity index (χ4n) is 5.36. The van der Waals surface area contributed by atoms with E-state index >= 15 is 0 Å². The number of imide groups is 1. The molecule has 3 aromatic rings. The van der Waals surface area contributed by atoms with Crippen LogP contribution in [-0.2, 0) is 14.3 Å². The zero-order chi connectivity index (χ0) is 23.8. The van der Waals surface area contributed by atoms with Gasteiger partial charge in [0, 0.05) is 17.2 Å². The molecule has 6 rings (SSSR count). The molecule has 0 unspecified atom stereocenters. The van der Waals surface area contributed by atoms with Gasteiger partial charge in [-0.25, -0.2) is 13.7 Å². The Labute approximate surface area is 191 Å². The number of nitrogens with zero attached hydrogens (tertiary/aromatic N) is 1. The number of ketones is 2. The molecule has 3 aliphatic rings. The number of carbonyl (C=O) groups is 4. The van der Waals surface area contributed by atoms with E-state index in [1.807, 2.05) is 0 Å². The first-order valence-electron chi connectivity index (χ1n) is 10.6. The molecule has 6 nitrogen and oxygen atoms in total. The van der Waals surface area contributed by atoms with Crippen molar-refractivity contribution in [2.45, 2.75) is 11.7 Å². The average molecular weight is 459 g/mol. The Morgan fingerprint density at radius 3 is 2.00 bits per heavy atom. The molecule has 34 heavy (non-hydrogen) atoms. The molecule has 0 radical (unpaired) electrons. The monoisotopic (exact) mass is 459 g/mol. The smallest absolute Gasteiger partial charge is 0.241 e. The van der Waals surface area contributed by atoms with Crippen molar-refractivity contribution in [2.75, 3.05) is 4.90 Å². The molecular formula is C26H15F2NO5. The number of benzene rings is 3. The number of carbonyl (C=O) groups excluding carboxylic acids is 4. The normalized spacial score (nSPS) is 24.8. The van der Waals surface area contributed by atoms with Crippen molar-refractivity contribution in [3.63, 3.8) is 0 Å². The third kappa shape index (κ3) is 2.46. The zero-order valence-corrected chi connectivity index (χ0v) is 17.4. The zero-order valence-electron chi connectivity index (χ0n) is 17.4. The van der Waals surface area contributed by atoms with Crippen LogP contribution in [0.25, 0.3) is 0 Å². The Kier molecular flexibility index (Phi) is 4.22. The van der Waals surface area contributed by atoms with Crippen LogP contribution in [0, 0.1) is 23.5 Å². The van der Waals surface area contributed by atoms with Gasteiger partial charge in [-0.3, -0.25) is 19.2 Å². The number of hydrogen-bond donors (Lipinski definition) is 0. The molecule has 1 spiro atoms. The third-order valence-corrected chi connectivity index (χ3v) is 6.80. The summed E-state index contributed by atoms with van der Waals surface area (Å²) in [5.41, 5.74) is -1.98. The fraction of sp³-hybridized carbons (Fsp3) is 0.154. The highest BCUT2D eigenvalue weighted by Crippen LogP contribution is 2.57. The summed E-state index contributed by atoms with van der Waals surface area (Å²) in [6.45, 7) is 0. The fourth-order valence-corrected chi connectivity index (χ4v) is 5.36. The van der Waals surface area contributed by atoms with E-state index < -0.39 is 64.2 Å². The lowest BCUT2D eigenvalue weighted by Crippen LogP contribution is -2.51. The molecule has 0 bridgehead atoms. The van der Waals surface area contributed by atoms with Crippen LogP contribution in [-0.4, -0.2) is 29.0 Å². The predicted molar refractivity (Wildman–Crippen MR) is 114 cm³/mol. The maximum atomic E-state index is 14.6. The summed E-state index contributed by atoms with van der Waals surface area (Å²) in [5, 5.41) is 0. The van der Waals surface area contributed by atoms with Crippen molar-refractivity contribution in [3.05, 3.63) is 101 Å². The van der Waals surface area contributed by atoms with E-state index in [1.165, 1.54) is 12.1 Å². The number of ether oxygens (including phenoxy) is 1. The summed E-state index contributed by atoms with van der Waals surface area (Å²) in [5.74, 6) is -7.90. The summed E-state index contributed by atoms with van der Waals surface area (Å²) in [7, 11) is 0. The van der Waals surface area contributed by atoms with Crippen molar-refractivity contribution >= 4 is 29.1 Å². The number of Topliss-reactive ketones (excluding diaryl/α,β-unsaturated/α-hetero) is 2. The number of anilines is 1. The summed E-state index contributed by atoms with van der Waals surface area (Å²) in [6.07, 6.45) is -1.10. The maximum absolute atomic E-state index is 14.6. The van der Waals surface area contributed by atoms with Gasteiger partial charge in [-0.2, -0.15) is 0 Å². The lowest BCUT2D eigenvalue weighted by molar-refractivity contribution is -0.127. The molecular weight excluding hydrogens is 444 g/mol. The Morgan fingerprint density at radius 2 is 1.38 bits per heavy atom. The van der Waals surface area contributed by atoms with Crippen LogP contribution in [0.4, 0.5) is 14.5 Å². The van der Waals surface area contributed by atoms with E-state index in [9.17, 15) is 28.0 Å². The van der Waals surface area contributed by atoms with E-state index in [1.54, 1.807) is 42.5 Å². The molecule has 3 atom stereocenters. The highest BCUT2D eigenvalue weighted by atomic mass is 19.1. The van der Waals surface area contributed by atoms with Gasteiger partial charge in [0.2, 0.25) is 29.0 Å². The molecule has 2 aliphatic heterocycles. The average Bonchev–Trinajstić information content (AvgIpc) is 3.40. The predicted octanol–water partition coefficient (Wildman–Crippen LogP) is 3.66. The van der Waals surface area contributed by atoms with Gasteiger partial charge in [0.25, 0.3) is 0 Å². The van der Waals surface area contributed by atoms with Crippen LogP contribution in [0.15, 0.2) is 72.8 Å². The highest BCUT2D eigenvalue weighted by molar-refractivity contribution is 6.37. The Bertz CT molecular complexity index is 1380. The molecule has 2 saturated heterocycles. The van der Waals surface area contributed by atoms with Gasteiger partial charge in [-0.1, -0.05) is 54.6 Å². The Morgan fingerprint density at radius 1 is 0.765 bits per heavy atom. The molecule has 168 valence electrons. The molecule has 1 aliphatic carbocycles. The van der Waals surface area contributed by atoms with E-state index in [2.05, 4.69) is 0 Å². The summed E-state index contributed by atoms with van der Waals surface area (Å²) < 4.78 is 34.3. The van der Waals surface area contributed by atoms with E-state index in [0.29, 0.717) is 16.5 Å². The molecule has 0 N–H and O–H groups in total. The van der Waals surface area contributed by atoms with Crippen molar-refractivity contribution in [1.82, 2.24) is 0 Å². The second-order valence-electron chi connectivity index (χ2n) is 8.50. The van der Waals surface area contributed by atoms with Gasteiger partial charge < -0.3 is 4.74 Å². The van der Waals surface area contributed by atoms with Gasteiger partial charge in [0.1, 0.15) is 11.6 Å². The van der Waals surface area contributed by atoms with Gasteiger partial charge in [-0.05, 0) is 17.7 Å². The first kappa shape index (κ1) is 20.6. The number of amides is 2. The maximum Gasteiger partial charge on any atom is 0.241 e. The first-order valence-corrected chi connectivity index (χ1v) is 10.6. The number of hydrogen-bond acceptors (Lipinski definition) is 5. The number of fused-ring (bicyclic) bond motifs is 3. The quantitative estimate of drug-likeness (QED) is 0.432. The minimum atomic E-state index is -2.24. The molecule has 2 heterocycles. The minimum absolute atomic E-state index is 0.103. The second-order valence-corrected chi connectivity index (χ2v) is 8.50. The van der Waals surface area contributed by atoms with E-state index in [4.69, 9.17) is 4.74 Å². The van der Waals surface area contributed by atoms with Crippen molar-refractivity contribution in [1.29, 1.82) is 0 Å². The molecule has 3 aromatic carbocycles. The van der Waals surface area contributed by atoms with Gasteiger partial charge in [-0.15, -0.1) is 0 Å². The number of halogens is 2. The lowest BCUT2D eigenvalue weighted by atomic mass is 9.77. The topological polar surface area (TPSA) is 80.8 Å². The SMILES string of the molecule is O=C1[C@@H]2[C@H](c3ccccc3)OC3(C(=O)c4ccccc4C3=O)[C@H]2C(=O)N1c1ccc(F)cc1F. The van der Waals surface area contributed by atoms with Gasteiger partial charge in [0.15, 0.2) is 0 Å². The van der Waals surface area contributed by atoms with Crippen LogP contribution in [0.5, 0.6) is 0 Å². The van der Waals surface area contributed by atoms with Crippen LogP contribution in [0.3, 0.4) is 0 Å². The molecule has 2 amide bonds. The Hall–Kier alpha value is -4.04. The van der Waals surface area contributed by atoms with E-state index in [0.717, 1.165) is 12.1 Å². The number of rotatable bonds is 2. The van der Waals surface area contributed by atoms with Crippen LogP contribution in [0.2, 0.25) is 0 Å². The van der Waals surface area contributed by atoms with Crippen molar-refractivity contribution in [2.24, 2.45) is 11.8 Å². The third-order valence-electron chi connectivity index (χ3n) is 6.80. The first-order chi connectivity index (χ1) is 16.4. The van der Waals surface area contributed by atoms with Crippen LogP contribution < -0.4 is 4.90 Å². The minimum Gasteiger partial charge on any atom is -0.349 e. The molecule has 2 fully saturated rings. The summed E-state index contributed by atoms with van der Waals surface area (Å²) >= 11 is 0. The van der Waals surface area contributed by atoms with Gasteiger partial charge >= 0.3 is 0 Å². The van der Waals surface area contributed by atoms with Crippen LogP contribution >= 0.6 is 0 Å². The van der Waals surface area contributed by atoms with Crippen molar-refractivity contribution < 1.29 is 32.7 Å². The molecule has 0 aromatic heterocycles. The van der Waals surface area contributed by atoms with E-state index in [-0.39, 0.29) is 11.1 Å². The molecule has 8 heteroatoms. The summed E-state index contributed by atoms with van der Waals surface area (Å²) in [4.78, 5) is 55.1. The summed E-state index contributed by atoms with van der Waals surface area (Å²) in [6, 6.07) is 17.1. The largest absolute Gasteiger partial charge is 0.349 e. The van der Waals surface area contributed by atoms with Gasteiger partial charge in [0.05, 0.1) is 23.6 Å². The highest BCUT2D eigenvalue weighted by Gasteiger charge is 2.74. The second kappa shape index (κ2) is 6.98. The van der Waals surface area contributed by atoms with Crippen molar-refractivity contribution in [3.8, 4) is 0 Å². The lowest BCUT2D eigenvalue weighted by Gasteiger charge is -2.27. The standard InChI is InChI=1S/C26H15F2NO5/c27-14-10-11-18(17(28)12-14)29-24(32)19-20(25(29)33)26(34-21(19)13-6-2-1-3-7-13)22(30)15-8-4-5-9-16(15)23(26)31/h1-12,19-21H/t19-,20+,21-/m0/s1. The van der Waals surface area contributed by atoms with Crippen LogP contribution in [0.1, 0.15) is 32.4 Å². The Balaban J connectivity index is 1.56.